The Bertz CT molecular complexity index is 734. The highest BCUT2D eigenvalue weighted by Gasteiger charge is 2.49. The van der Waals surface area contributed by atoms with Crippen LogP contribution in [-0.4, -0.2) is 41.9 Å². The predicted octanol–water partition coefficient (Wildman–Crippen LogP) is 2.96. The summed E-state index contributed by atoms with van der Waals surface area (Å²) >= 11 is 0. The van der Waals surface area contributed by atoms with Gasteiger partial charge in [0.1, 0.15) is 5.75 Å². The molecule has 1 aliphatic carbocycles. The van der Waals surface area contributed by atoms with Crippen LogP contribution in [0.3, 0.4) is 0 Å². The number of aliphatic hydroxyl groups excluding tert-OH is 1. The molecule has 0 spiro atoms. The van der Waals surface area contributed by atoms with Crippen molar-refractivity contribution in [3.63, 3.8) is 0 Å². The van der Waals surface area contributed by atoms with Crippen LogP contribution in [0.15, 0.2) is 54.6 Å². The van der Waals surface area contributed by atoms with Gasteiger partial charge in [0.15, 0.2) is 0 Å². The molecule has 0 bridgehead atoms. The van der Waals surface area contributed by atoms with E-state index in [1.807, 2.05) is 54.6 Å². The highest BCUT2D eigenvalue weighted by Crippen LogP contribution is 2.49. The smallest absolute Gasteiger partial charge is 0.119 e. The molecule has 0 amide bonds. The van der Waals surface area contributed by atoms with Gasteiger partial charge < -0.3 is 14.9 Å². The zero-order chi connectivity index (χ0) is 18.1. The summed E-state index contributed by atoms with van der Waals surface area (Å²) in [6.45, 7) is 2.55. The van der Waals surface area contributed by atoms with Crippen molar-refractivity contribution in [3.05, 3.63) is 65.7 Å². The Labute approximate surface area is 155 Å². The molecule has 2 aromatic rings. The van der Waals surface area contributed by atoms with E-state index in [-0.39, 0.29) is 0 Å². The first-order valence-electron chi connectivity index (χ1n) is 9.40. The lowest BCUT2D eigenvalue weighted by molar-refractivity contribution is 0.0286. The van der Waals surface area contributed by atoms with Gasteiger partial charge in [-0.05, 0) is 47.9 Å². The lowest BCUT2D eigenvalue weighted by Gasteiger charge is -2.27. The normalized spacial score (nSPS) is 29.5. The van der Waals surface area contributed by atoms with E-state index in [1.165, 1.54) is 0 Å². The Morgan fingerprint density at radius 1 is 1.08 bits per heavy atom. The van der Waals surface area contributed by atoms with Crippen LogP contribution in [0.5, 0.6) is 5.75 Å². The minimum absolute atomic E-state index is 0.452. The summed E-state index contributed by atoms with van der Waals surface area (Å²) in [5.41, 5.74) is 1.17. The Hall–Kier alpha value is -1.88. The summed E-state index contributed by atoms with van der Waals surface area (Å²) in [5.74, 6) is 1.75. The predicted molar refractivity (Wildman–Crippen MR) is 101 cm³/mol. The molecule has 1 aliphatic heterocycles. The average Bonchev–Trinajstić information content (AvgIpc) is 3.17. The van der Waals surface area contributed by atoms with E-state index in [9.17, 15) is 10.2 Å². The minimum Gasteiger partial charge on any atom is -0.497 e. The van der Waals surface area contributed by atoms with Crippen LogP contribution in [-0.2, 0) is 5.60 Å². The van der Waals surface area contributed by atoms with Gasteiger partial charge in [-0.2, -0.15) is 0 Å². The van der Waals surface area contributed by atoms with Gasteiger partial charge in [-0.3, -0.25) is 4.90 Å². The van der Waals surface area contributed by atoms with E-state index in [0.717, 1.165) is 42.8 Å². The highest BCUT2D eigenvalue weighted by molar-refractivity contribution is 5.33. The van der Waals surface area contributed by atoms with Gasteiger partial charge in [0.2, 0.25) is 0 Å². The second kappa shape index (κ2) is 7.03. The van der Waals surface area contributed by atoms with Crippen molar-refractivity contribution in [1.82, 2.24) is 4.90 Å². The van der Waals surface area contributed by atoms with E-state index in [0.29, 0.717) is 18.4 Å². The van der Waals surface area contributed by atoms with Crippen molar-refractivity contribution in [1.29, 1.82) is 0 Å². The van der Waals surface area contributed by atoms with E-state index in [2.05, 4.69) is 4.90 Å². The van der Waals surface area contributed by atoms with Gasteiger partial charge in [0, 0.05) is 19.6 Å². The largest absolute Gasteiger partial charge is 0.497 e. The molecule has 1 saturated carbocycles. The number of hydrogen-bond donors (Lipinski definition) is 2. The van der Waals surface area contributed by atoms with Crippen LogP contribution in [0, 0.1) is 11.8 Å². The molecule has 0 aromatic heterocycles. The standard InChI is InChI=1S/C22H27NO3/c1-26-20-9-5-8-19(10-20)22(25)11-17-13-23(14-18(17)12-22)15-21(24)16-6-3-2-4-7-16/h2-10,17-18,21,24-25H,11-15H2,1H3/t17-,18+,21?,22?. The number of nitrogens with zero attached hydrogens (tertiary/aromatic N) is 1. The summed E-state index contributed by atoms with van der Waals surface area (Å²) in [7, 11) is 1.66. The monoisotopic (exact) mass is 353 g/mol. The first-order valence-corrected chi connectivity index (χ1v) is 9.40. The molecule has 4 rings (SSSR count). The fourth-order valence-corrected chi connectivity index (χ4v) is 4.77. The maximum absolute atomic E-state index is 11.2. The van der Waals surface area contributed by atoms with Crippen molar-refractivity contribution in [2.45, 2.75) is 24.5 Å². The number of rotatable bonds is 5. The SMILES string of the molecule is COc1cccc(C2(O)C[C@H]3CN(CC(O)c4ccccc4)C[C@H]3C2)c1. The number of β-amino-alcohol motifs (C(OH)–C–C–N with tert-alkyl or cyclic N) is 1. The van der Waals surface area contributed by atoms with Gasteiger partial charge in [0.25, 0.3) is 0 Å². The highest BCUT2D eigenvalue weighted by atomic mass is 16.5. The fraction of sp³-hybridized carbons (Fsp3) is 0.455. The van der Waals surface area contributed by atoms with Crippen LogP contribution in [0.4, 0.5) is 0 Å². The average molecular weight is 353 g/mol. The van der Waals surface area contributed by atoms with E-state index >= 15 is 0 Å². The van der Waals surface area contributed by atoms with Crippen molar-refractivity contribution in [2.75, 3.05) is 26.7 Å². The number of benzene rings is 2. The molecule has 4 atom stereocenters. The second-order valence-corrected chi connectivity index (χ2v) is 7.84. The number of ether oxygens (including phenoxy) is 1. The molecule has 2 fully saturated rings. The van der Waals surface area contributed by atoms with E-state index in [1.54, 1.807) is 7.11 Å². The van der Waals surface area contributed by atoms with Crippen LogP contribution in [0.2, 0.25) is 0 Å². The van der Waals surface area contributed by atoms with Crippen molar-refractivity contribution in [2.24, 2.45) is 11.8 Å². The number of hydrogen-bond acceptors (Lipinski definition) is 4. The molecule has 4 nitrogen and oxygen atoms in total. The van der Waals surface area contributed by atoms with Gasteiger partial charge in [-0.25, -0.2) is 0 Å². The van der Waals surface area contributed by atoms with Crippen molar-refractivity contribution in [3.8, 4) is 5.75 Å². The molecular formula is C22H27NO3. The van der Waals surface area contributed by atoms with Crippen molar-refractivity contribution >= 4 is 0 Å². The number of methoxy groups -OCH3 is 1. The van der Waals surface area contributed by atoms with Crippen LogP contribution >= 0.6 is 0 Å². The summed E-state index contributed by atoms with van der Waals surface area (Å²) in [6, 6.07) is 17.7. The van der Waals surface area contributed by atoms with Crippen LogP contribution in [0.25, 0.3) is 0 Å². The molecule has 4 heteroatoms. The molecule has 2 aromatic carbocycles. The maximum Gasteiger partial charge on any atom is 0.119 e. The summed E-state index contributed by atoms with van der Waals surface area (Å²) < 4.78 is 5.31. The summed E-state index contributed by atoms with van der Waals surface area (Å²) in [5, 5.41) is 21.7. The lowest BCUT2D eigenvalue weighted by atomic mass is 9.90. The Morgan fingerprint density at radius 3 is 2.42 bits per heavy atom. The van der Waals surface area contributed by atoms with Gasteiger partial charge >= 0.3 is 0 Å². The summed E-state index contributed by atoms with van der Waals surface area (Å²) in [6.07, 6.45) is 1.11. The maximum atomic E-state index is 11.2. The zero-order valence-corrected chi connectivity index (χ0v) is 15.2. The van der Waals surface area contributed by atoms with Gasteiger partial charge in [0.05, 0.1) is 18.8 Å². The Kier molecular flexibility index (Phi) is 4.74. The molecule has 1 saturated heterocycles. The lowest BCUT2D eigenvalue weighted by Crippen LogP contribution is -2.31. The third-order valence-corrected chi connectivity index (χ3v) is 6.07. The number of likely N-dealkylation sites (tertiary alicyclic amines) is 1. The quantitative estimate of drug-likeness (QED) is 0.868. The third-order valence-electron chi connectivity index (χ3n) is 6.07. The molecule has 2 N–H and O–H groups in total. The van der Waals surface area contributed by atoms with E-state index < -0.39 is 11.7 Å². The molecule has 1 heterocycles. The Morgan fingerprint density at radius 2 is 1.77 bits per heavy atom. The molecule has 2 aliphatic rings. The molecular weight excluding hydrogens is 326 g/mol. The van der Waals surface area contributed by atoms with Crippen molar-refractivity contribution < 1.29 is 14.9 Å². The second-order valence-electron chi connectivity index (χ2n) is 7.84. The number of fused-ring (bicyclic) bond motifs is 1. The zero-order valence-electron chi connectivity index (χ0n) is 15.2. The van der Waals surface area contributed by atoms with Gasteiger partial charge in [-0.15, -0.1) is 0 Å². The Balaban J connectivity index is 1.39. The van der Waals surface area contributed by atoms with Crippen LogP contribution in [0.1, 0.15) is 30.1 Å². The molecule has 2 unspecified atom stereocenters. The topological polar surface area (TPSA) is 52.9 Å². The van der Waals surface area contributed by atoms with Crippen LogP contribution < -0.4 is 4.74 Å². The number of aliphatic hydroxyl groups is 2. The first-order chi connectivity index (χ1) is 12.6. The molecule has 138 valence electrons. The first kappa shape index (κ1) is 17.5. The molecule has 0 radical (unpaired) electrons. The third kappa shape index (κ3) is 3.37. The fourth-order valence-electron chi connectivity index (χ4n) is 4.77. The van der Waals surface area contributed by atoms with E-state index in [4.69, 9.17) is 4.74 Å². The summed E-state index contributed by atoms with van der Waals surface area (Å²) in [4.78, 5) is 2.35. The minimum atomic E-state index is -0.756. The molecule has 26 heavy (non-hydrogen) atoms. The van der Waals surface area contributed by atoms with Gasteiger partial charge in [-0.1, -0.05) is 42.5 Å².